The Morgan fingerprint density at radius 3 is 2.78 bits per heavy atom. The van der Waals surface area contributed by atoms with Gasteiger partial charge in [-0.15, -0.1) is 0 Å². The Balaban J connectivity index is 2.00. The monoisotopic (exact) mass is 304 g/mol. The van der Waals surface area contributed by atoms with Crippen molar-refractivity contribution >= 4 is 28.1 Å². The lowest BCUT2D eigenvalue weighted by Gasteiger charge is -1.98. The molecule has 1 N–H and O–H groups in total. The fourth-order valence-corrected chi connectivity index (χ4v) is 1.56. The van der Waals surface area contributed by atoms with E-state index >= 15 is 0 Å². The predicted molar refractivity (Wildman–Crippen MR) is 71.2 cm³/mol. The number of amides is 1. The first-order chi connectivity index (χ1) is 8.77. The van der Waals surface area contributed by atoms with Crippen molar-refractivity contribution in [1.82, 2.24) is 15.4 Å². The average Bonchev–Trinajstić information content (AvgIpc) is 2.42. The third kappa shape index (κ3) is 3.21. The van der Waals surface area contributed by atoms with E-state index in [1.54, 1.807) is 36.7 Å². The molecule has 0 aliphatic carbocycles. The summed E-state index contributed by atoms with van der Waals surface area (Å²) in [4.78, 5) is 19.6. The molecular weight excluding hydrogens is 296 g/mol. The van der Waals surface area contributed by atoms with Gasteiger partial charge < -0.3 is 0 Å². The molecule has 0 aromatic carbocycles. The molecule has 0 aliphatic heterocycles. The van der Waals surface area contributed by atoms with Gasteiger partial charge >= 0.3 is 0 Å². The first kappa shape index (κ1) is 12.4. The second-order valence-corrected chi connectivity index (χ2v) is 4.05. The third-order valence-corrected chi connectivity index (χ3v) is 2.72. The number of rotatable bonds is 3. The molecule has 0 aliphatic rings. The van der Waals surface area contributed by atoms with E-state index in [0.717, 1.165) is 5.56 Å². The Bertz CT molecular complexity index is 571. The zero-order valence-electron chi connectivity index (χ0n) is 9.25. The van der Waals surface area contributed by atoms with Gasteiger partial charge in [-0.3, -0.25) is 9.78 Å². The van der Waals surface area contributed by atoms with Gasteiger partial charge in [-0.2, -0.15) is 5.10 Å². The maximum Gasteiger partial charge on any atom is 0.289 e. The van der Waals surface area contributed by atoms with Crippen molar-refractivity contribution in [2.24, 2.45) is 5.10 Å². The second kappa shape index (κ2) is 6.02. The zero-order valence-corrected chi connectivity index (χ0v) is 10.8. The summed E-state index contributed by atoms with van der Waals surface area (Å²) in [6, 6.07) is 8.71. The number of carbonyl (C=O) groups excluding carboxylic acids is 1. The van der Waals surface area contributed by atoms with Crippen LogP contribution >= 0.6 is 15.9 Å². The normalized spacial score (nSPS) is 10.5. The van der Waals surface area contributed by atoms with Crippen molar-refractivity contribution in [2.75, 3.05) is 0 Å². The number of nitrogens with one attached hydrogen (secondary N) is 1. The van der Waals surface area contributed by atoms with E-state index < -0.39 is 0 Å². The number of aromatic nitrogens is 2. The van der Waals surface area contributed by atoms with Gasteiger partial charge in [0.25, 0.3) is 5.91 Å². The first-order valence-corrected chi connectivity index (χ1v) is 5.91. The summed E-state index contributed by atoms with van der Waals surface area (Å²) in [6.45, 7) is 0. The minimum atomic E-state index is -0.355. The smallest absolute Gasteiger partial charge is 0.266 e. The molecular formula is C12H9BrN4O. The highest BCUT2D eigenvalue weighted by Gasteiger charge is 2.03. The molecule has 2 rings (SSSR count). The number of hydrazone groups is 1. The summed E-state index contributed by atoms with van der Waals surface area (Å²) < 4.78 is 0.667. The lowest BCUT2D eigenvalue weighted by atomic mass is 10.3. The van der Waals surface area contributed by atoms with Crippen LogP contribution in [-0.4, -0.2) is 22.1 Å². The molecule has 0 unspecified atom stereocenters. The summed E-state index contributed by atoms with van der Waals surface area (Å²) in [5.74, 6) is -0.355. The van der Waals surface area contributed by atoms with Crippen LogP contribution in [0.15, 0.2) is 52.4 Å². The van der Waals surface area contributed by atoms with Crippen LogP contribution in [0.1, 0.15) is 16.1 Å². The van der Waals surface area contributed by atoms with E-state index in [2.05, 4.69) is 36.4 Å². The van der Waals surface area contributed by atoms with Crippen LogP contribution in [0.5, 0.6) is 0 Å². The van der Waals surface area contributed by atoms with Gasteiger partial charge in [0.2, 0.25) is 0 Å². The number of hydrogen-bond donors (Lipinski definition) is 1. The van der Waals surface area contributed by atoms with Crippen molar-refractivity contribution in [2.45, 2.75) is 0 Å². The standard InChI is InChI=1S/C12H9BrN4O/c13-11-9(4-3-7-15-11)8-16-17-12(18)10-5-1-2-6-14-10/h1-8H,(H,17,18)/b16-8+. The minimum Gasteiger partial charge on any atom is -0.266 e. The molecule has 18 heavy (non-hydrogen) atoms. The molecule has 2 aromatic rings. The van der Waals surface area contributed by atoms with Crippen LogP contribution in [0.2, 0.25) is 0 Å². The molecule has 1 amide bonds. The number of pyridine rings is 2. The molecule has 0 fully saturated rings. The molecule has 0 spiro atoms. The highest BCUT2D eigenvalue weighted by molar-refractivity contribution is 9.10. The van der Waals surface area contributed by atoms with E-state index in [9.17, 15) is 4.79 Å². The van der Waals surface area contributed by atoms with Crippen molar-refractivity contribution in [3.63, 3.8) is 0 Å². The molecule has 5 nitrogen and oxygen atoms in total. The summed E-state index contributed by atoms with van der Waals surface area (Å²) in [5.41, 5.74) is 3.49. The van der Waals surface area contributed by atoms with Gasteiger partial charge in [0.05, 0.1) is 6.21 Å². The van der Waals surface area contributed by atoms with Crippen LogP contribution in [-0.2, 0) is 0 Å². The van der Waals surface area contributed by atoms with E-state index in [1.165, 1.54) is 6.21 Å². The molecule has 2 heterocycles. The molecule has 0 radical (unpaired) electrons. The summed E-state index contributed by atoms with van der Waals surface area (Å²) >= 11 is 3.28. The van der Waals surface area contributed by atoms with Crippen LogP contribution in [0.4, 0.5) is 0 Å². The van der Waals surface area contributed by atoms with Crippen molar-refractivity contribution < 1.29 is 4.79 Å². The SMILES string of the molecule is O=C(N/N=C/c1cccnc1Br)c1ccccn1. The van der Waals surface area contributed by atoms with Gasteiger partial charge in [0.15, 0.2) is 0 Å². The number of carbonyl (C=O) groups is 1. The average molecular weight is 305 g/mol. The Kier molecular flexibility index (Phi) is 4.14. The fraction of sp³-hybridized carbons (Fsp3) is 0. The lowest BCUT2D eigenvalue weighted by molar-refractivity contribution is 0.0950. The largest absolute Gasteiger partial charge is 0.289 e. The molecule has 0 bridgehead atoms. The van der Waals surface area contributed by atoms with E-state index in [-0.39, 0.29) is 5.91 Å². The molecule has 0 saturated heterocycles. The number of hydrogen-bond acceptors (Lipinski definition) is 4. The summed E-state index contributed by atoms with van der Waals surface area (Å²) in [5, 5.41) is 3.84. The Morgan fingerprint density at radius 1 is 1.22 bits per heavy atom. The minimum absolute atomic E-state index is 0.319. The summed E-state index contributed by atoms with van der Waals surface area (Å²) in [7, 11) is 0. The Morgan fingerprint density at radius 2 is 2.06 bits per heavy atom. The van der Waals surface area contributed by atoms with Crippen molar-refractivity contribution in [1.29, 1.82) is 0 Å². The Hall–Kier alpha value is -2.08. The fourth-order valence-electron chi connectivity index (χ4n) is 1.21. The summed E-state index contributed by atoms with van der Waals surface area (Å²) in [6.07, 6.45) is 4.72. The number of nitrogens with zero attached hydrogens (tertiary/aromatic N) is 3. The zero-order chi connectivity index (χ0) is 12.8. The van der Waals surface area contributed by atoms with Crippen LogP contribution in [0.25, 0.3) is 0 Å². The molecule has 6 heteroatoms. The first-order valence-electron chi connectivity index (χ1n) is 5.12. The topological polar surface area (TPSA) is 67.2 Å². The maximum absolute atomic E-state index is 11.6. The highest BCUT2D eigenvalue weighted by Crippen LogP contribution is 2.09. The number of halogens is 1. The van der Waals surface area contributed by atoms with Gasteiger partial charge in [0.1, 0.15) is 10.3 Å². The predicted octanol–water partition coefficient (Wildman–Crippen LogP) is 2.00. The van der Waals surface area contributed by atoms with Crippen LogP contribution < -0.4 is 5.43 Å². The van der Waals surface area contributed by atoms with Crippen LogP contribution in [0.3, 0.4) is 0 Å². The maximum atomic E-state index is 11.6. The van der Waals surface area contributed by atoms with E-state index in [1.807, 2.05) is 6.07 Å². The van der Waals surface area contributed by atoms with Gasteiger partial charge in [-0.25, -0.2) is 10.4 Å². The third-order valence-electron chi connectivity index (χ3n) is 2.06. The van der Waals surface area contributed by atoms with E-state index in [4.69, 9.17) is 0 Å². The molecule has 0 saturated carbocycles. The van der Waals surface area contributed by atoms with Gasteiger partial charge in [-0.1, -0.05) is 6.07 Å². The highest BCUT2D eigenvalue weighted by atomic mass is 79.9. The quantitative estimate of drug-likeness (QED) is 0.536. The molecule has 2 aromatic heterocycles. The second-order valence-electron chi connectivity index (χ2n) is 3.30. The van der Waals surface area contributed by atoms with Crippen molar-refractivity contribution in [3.05, 3.63) is 58.6 Å². The van der Waals surface area contributed by atoms with Crippen LogP contribution in [0, 0.1) is 0 Å². The molecule has 90 valence electrons. The van der Waals surface area contributed by atoms with E-state index in [0.29, 0.717) is 10.3 Å². The molecule has 0 atom stereocenters. The Labute approximate surface area is 112 Å². The van der Waals surface area contributed by atoms with Gasteiger partial charge in [-0.05, 0) is 40.2 Å². The lowest BCUT2D eigenvalue weighted by Crippen LogP contribution is -2.18. The van der Waals surface area contributed by atoms with Gasteiger partial charge in [0, 0.05) is 18.0 Å². The van der Waals surface area contributed by atoms with Crippen molar-refractivity contribution in [3.8, 4) is 0 Å².